The van der Waals surface area contributed by atoms with Crippen LogP contribution in [-0.4, -0.2) is 37.1 Å². The second kappa shape index (κ2) is 9.51. The number of benzene rings is 2. The number of hydrogen-bond acceptors (Lipinski definition) is 4. The van der Waals surface area contributed by atoms with Gasteiger partial charge >= 0.3 is 0 Å². The number of carbonyl (C=O) groups excluding carboxylic acids is 1. The molecule has 154 valence electrons. The third kappa shape index (κ3) is 5.43. The Balaban J connectivity index is 1.20. The number of fused-ring (bicyclic) bond motifs is 1. The molecule has 2 aliphatic heterocycles. The first-order valence-electron chi connectivity index (χ1n) is 10.3. The predicted octanol–water partition coefficient (Wildman–Crippen LogP) is 4.74. The van der Waals surface area contributed by atoms with Gasteiger partial charge in [-0.1, -0.05) is 29.8 Å². The number of halogens is 1. The van der Waals surface area contributed by atoms with Crippen LogP contribution in [0.4, 0.5) is 5.69 Å². The maximum Gasteiger partial charge on any atom is 0.224 e. The normalized spacial score (nSPS) is 17.1. The predicted molar refractivity (Wildman–Crippen MR) is 115 cm³/mol. The standard InChI is InChI=1S/C23H27ClN2O3/c24-19-3-1-2-4-20(19)25-23(27)8-6-17-9-11-26(12-10-17)16-18-5-7-21-22(15-18)29-14-13-28-21/h1-5,7,15,17H,6,8-14,16H2,(H,25,27). The largest absolute Gasteiger partial charge is 0.486 e. The van der Waals surface area contributed by atoms with Gasteiger partial charge in [0.2, 0.25) is 5.91 Å². The molecule has 1 amide bonds. The molecule has 0 aromatic heterocycles. The minimum atomic E-state index is 0.0387. The lowest BCUT2D eigenvalue weighted by molar-refractivity contribution is -0.116. The van der Waals surface area contributed by atoms with Crippen LogP contribution >= 0.6 is 11.6 Å². The van der Waals surface area contributed by atoms with Crippen molar-refractivity contribution in [1.82, 2.24) is 4.90 Å². The van der Waals surface area contributed by atoms with E-state index in [1.807, 2.05) is 24.3 Å². The average Bonchev–Trinajstić information content (AvgIpc) is 2.75. The van der Waals surface area contributed by atoms with Crippen LogP contribution in [0.15, 0.2) is 42.5 Å². The second-order valence-corrected chi connectivity index (χ2v) is 8.17. The molecule has 5 nitrogen and oxygen atoms in total. The van der Waals surface area contributed by atoms with Crippen LogP contribution in [0, 0.1) is 5.92 Å². The van der Waals surface area contributed by atoms with Gasteiger partial charge in [-0.3, -0.25) is 9.69 Å². The molecule has 6 heteroatoms. The SMILES string of the molecule is O=C(CCC1CCN(Cc2ccc3c(c2)OCCO3)CC1)Nc1ccccc1Cl. The molecule has 0 aliphatic carbocycles. The first-order valence-corrected chi connectivity index (χ1v) is 10.7. The lowest BCUT2D eigenvalue weighted by Gasteiger charge is -2.32. The minimum Gasteiger partial charge on any atom is -0.486 e. The summed E-state index contributed by atoms with van der Waals surface area (Å²) in [5, 5.41) is 3.49. The van der Waals surface area contributed by atoms with Crippen molar-refractivity contribution in [3.63, 3.8) is 0 Å². The van der Waals surface area contributed by atoms with Gasteiger partial charge in [-0.05, 0) is 68.1 Å². The van der Waals surface area contributed by atoms with E-state index in [0.29, 0.717) is 36.3 Å². The highest BCUT2D eigenvalue weighted by Crippen LogP contribution is 2.32. The monoisotopic (exact) mass is 414 g/mol. The molecule has 0 saturated carbocycles. The molecule has 0 radical (unpaired) electrons. The Morgan fingerprint density at radius 2 is 1.83 bits per heavy atom. The first-order chi connectivity index (χ1) is 14.2. The molecule has 2 aliphatic rings. The van der Waals surface area contributed by atoms with Crippen LogP contribution in [0.3, 0.4) is 0 Å². The zero-order valence-corrected chi connectivity index (χ0v) is 17.3. The van der Waals surface area contributed by atoms with Gasteiger partial charge < -0.3 is 14.8 Å². The van der Waals surface area contributed by atoms with E-state index >= 15 is 0 Å². The molecular formula is C23H27ClN2O3. The van der Waals surface area contributed by atoms with Crippen molar-refractivity contribution in [2.45, 2.75) is 32.2 Å². The van der Waals surface area contributed by atoms with Crippen LogP contribution in [0.25, 0.3) is 0 Å². The summed E-state index contributed by atoms with van der Waals surface area (Å²) in [5.41, 5.74) is 1.94. The van der Waals surface area contributed by atoms with Crippen molar-refractivity contribution in [3.8, 4) is 11.5 Å². The van der Waals surface area contributed by atoms with Gasteiger partial charge in [-0.2, -0.15) is 0 Å². The highest BCUT2D eigenvalue weighted by molar-refractivity contribution is 6.33. The van der Waals surface area contributed by atoms with Gasteiger partial charge in [0.15, 0.2) is 11.5 Å². The van der Waals surface area contributed by atoms with Crippen molar-refractivity contribution in [1.29, 1.82) is 0 Å². The number of hydrogen-bond donors (Lipinski definition) is 1. The number of piperidine rings is 1. The second-order valence-electron chi connectivity index (χ2n) is 7.76. The zero-order chi connectivity index (χ0) is 20.1. The minimum absolute atomic E-state index is 0.0387. The number of amides is 1. The number of anilines is 1. The number of nitrogens with zero attached hydrogens (tertiary/aromatic N) is 1. The van der Waals surface area contributed by atoms with Gasteiger partial charge in [0, 0.05) is 13.0 Å². The number of nitrogens with one attached hydrogen (secondary N) is 1. The number of ether oxygens (including phenoxy) is 2. The maximum atomic E-state index is 12.2. The number of likely N-dealkylation sites (tertiary alicyclic amines) is 1. The number of carbonyl (C=O) groups is 1. The zero-order valence-electron chi connectivity index (χ0n) is 16.5. The van der Waals surface area contributed by atoms with Gasteiger partial charge in [0.25, 0.3) is 0 Å². The topological polar surface area (TPSA) is 50.8 Å². The molecule has 4 rings (SSSR count). The Bertz CT molecular complexity index is 850. The van der Waals surface area contributed by atoms with Crippen molar-refractivity contribution < 1.29 is 14.3 Å². The van der Waals surface area contributed by atoms with Crippen LogP contribution in [0.5, 0.6) is 11.5 Å². The van der Waals surface area contributed by atoms with E-state index in [1.165, 1.54) is 5.56 Å². The van der Waals surface area contributed by atoms with Crippen LogP contribution in [-0.2, 0) is 11.3 Å². The van der Waals surface area contributed by atoms with Crippen molar-refractivity contribution in [2.24, 2.45) is 5.92 Å². The first kappa shape index (κ1) is 20.0. The van der Waals surface area contributed by atoms with E-state index in [1.54, 1.807) is 6.07 Å². The summed E-state index contributed by atoms with van der Waals surface area (Å²) in [5.74, 6) is 2.34. The Morgan fingerprint density at radius 3 is 2.62 bits per heavy atom. The molecule has 1 saturated heterocycles. The summed E-state index contributed by atoms with van der Waals surface area (Å²) in [6, 6.07) is 13.6. The van der Waals surface area contributed by atoms with E-state index in [9.17, 15) is 4.79 Å². The molecule has 1 fully saturated rings. The summed E-state index contributed by atoms with van der Waals surface area (Å²) in [6.07, 6.45) is 3.72. The molecule has 2 aromatic rings. The number of rotatable bonds is 6. The summed E-state index contributed by atoms with van der Waals surface area (Å²) in [4.78, 5) is 14.7. The fraction of sp³-hybridized carbons (Fsp3) is 0.435. The molecule has 0 spiro atoms. The fourth-order valence-electron chi connectivity index (χ4n) is 3.99. The Morgan fingerprint density at radius 1 is 1.07 bits per heavy atom. The van der Waals surface area contributed by atoms with E-state index in [-0.39, 0.29) is 5.91 Å². The molecular weight excluding hydrogens is 388 g/mol. The third-order valence-electron chi connectivity index (χ3n) is 5.65. The van der Waals surface area contributed by atoms with Crippen molar-refractivity contribution in [3.05, 3.63) is 53.1 Å². The van der Waals surface area contributed by atoms with Crippen molar-refractivity contribution >= 4 is 23.2 Å². The smallest absolute Gasteiger partial charge is 0.224 e. The van der Waals surface area contributed by atoms with E-state index in [0.717, 1.165) is 50.4 Å². The maximum absolute atomic E-state index is 12.2. The lowest BCUT2D eigenvalue weighted by Crippen LogP contribution is -2.33. The summed E-state index contributed by atoms with van der Waals surface area (Å²) >= 11 is 6.10. The van der Waals surface area contributed by atoms with Gasteiger partial charge in [0.05, 0.1) is 10.7 Å². The number of para-hydroxylation sites is 1. The van der Waals surface area contributed by atoms with Crippen LogP contribution in [0.1, 0.15) is 31.2 Å². The molecule has 0 atom stereocenters. The Labute approximate surface area is 176 Å². The third-order valence-corrected chi connectivity index (χ3v) is 5.98. The van der Waals surface area contributed by atoms with Gasteiger partial charge in [0.1, 0.15) is 13.2 Å². The highest BCUT2D eigenvalue weighted by Gasteiger charge is 2.21. The van der Waals surface area contributed by atoms with E-state index < -0.39 is 0 Å². The lowest BCUT2D eigenvalue weighted by atomic mass is 9.92. The molecule has 2 heterocycles. The van der Waals surface area contributed by atoms with Gasteiger partial charge in [-0.15, -0.1) is 0 Å². The molecule has 1 N–H and O–H groups in total. The molecule has 0 unspecified atom stereocenters. The summed E-state index contributed by atoms with van der Waals surface area (Å²) < 4.78 is 11.3. The van der Waals surface area contributed by atoms with Crippen LogP contribution in [0.2, 0.25) is 5.02 Å². The highest BCUT2D eigenvalue weighted by atomic mass is 35.5. The van der Waals surface area contributed by atoms with Crippen molar-refractivity contribution in [2.75, 3.05) is 31.6 Å². The Kier molecular flexibility index (Phi) is 6.57. The average molecular weight is 415 g/mol. The summed E-state index contributed by atoms with van der Waals surface area (Å²) in [7, 11) is 0. The van der Waals surface area contributed by atoms with E-state index in [4.69, 9.17) is 21.1 Å². The van der Waals surface area contributed by atoms with Gasteiger partial charge in [-0.25, -0.2) is 0 Å². The fourth-order valence-corrected chi connectivity index (χ4v) is 4.17. The van der Waals surface area contributed by atoms with Crippen LogP contribution < -0.4 is 14.8 Å². The molecule has 29 heavy (non-hydrogen) atoms. The summed E-state index contributed by atoms with van der Waals surface area (Å²) in [6.45, 7) is 4.29. The quantitative estimate of drug-likeness (QED) is 0.741. The molecule has 0 bridgehead atoms. The molecule has 2 aromatic carbocycles. The Hall–Kier alpha value is -2.24. The van der Waals surface area contributed by atoms with E-state index in [2.05, 4.69) is 22.3 Å².